The molecule has 136 valence electrons. The monoisotopic (exact) mass is 371 g/mol. The van der Waals surface area contributed by atoms with Gasteiger partial charge in [-0.2, -0.15) is 0 Å². The number of nitrogens with zero attached hydrogens (tertiary/aromatic N) is 1. The average molecular weight is 372 g/mol. The predicted octanol–water partition coefficient (Wildman–Crippen LogP) is 4.86. The molecule has 0 amide bonds. The number of hydrogen-bond donors (Lipinski definition) is 1. The van der Waals surface area contributed by atoms with Crippen molar-refractivity contribution in [2.24, 2.45) is 0 Å². The molecule has 1 fully saturated rings. The Morgan fingerprint density at radius 2 is 1.77 bits per heavy atom. The molecule has 3 aromatic rings. The number of benzene rings is 2. The fraction of sp³-hybridized carbons (Fsp3) is 0.286. The van der Waals surface area contributed by atoms with Crippen LogP contribution >= 0.6 is 12.4 Å². The Labute approximate surface area is 158 Å². The van der Waals surface area contributed by atoms with Gasteiger partial charge in [0.05, 0.1) is 0 Å². The third-order valence-electron chi connectivity index (χ3n) is 4.96. The van der Waals surface area contributed by atoms with Crippen LogP contribution in [-0.2, 0) is 6.42 Å². The van der Waals surface area contributed by atoms with Crippen LogP contribution in [0.3, 0.4) is 0 Å². The standard InChI is InChI=1S/C21H21NO3.ClH/c23-21(24)18-10-6-9-16-17(11-14-22-12-4-5-13-22)19(25-20(16)18)15-7-2-1-3-8-15;/h1-3,6-10H,4-5,11-14H2,(H,23,24);1H. The molecule has 0 aliphatic carbocycles. The molecule has 4 nitrogen and oxygen atoms in total. The first kappa shape index (κ1) is 18.5. The molecule has 1 aliphatic heterocycles. The molecule has 4 rings (SSSR count). The Bertz CT molecular complexity index is 898. The number of carbonyl (C=O) groups is 1. The average Bonchev–Trinajstić information content (AvgIpc) is 3.27. The quantitative estimate of drug-likeness (QED) is 0.696. The summed E-state index contributed by atoms with van der Waals surface area (Å²) in [5.74, 6) is -0.159. The summed E-state index contributed by atoms with van der Waals surface area (Å²) in [7, 11) is 0. The molecule has 0 radical (unpaired) electrons. The molecular weight excluding hydrogens is 350 g/mol. The van der Waals surface area contributed by atoms with E-state index in [4.69, 9.17) is 4.42 Å². The van der Waals surface area contributed by atoms with Crippen molar-refractivity contribution in [1.29, 1.82) is 0 Å². The van der Waals surface area contributed by atoms with Crippen molar-refractivity contribution < 1.29 is 14.3 Å². The van der Waals surface area contributed by atoms with Crippen molar-refractivity contribution in [2.45, 2.75) is 19.3 Å². The zero-order valence-corrected chi connectivity index (χ0v) is 15.3. The summed E-state index contributed by atoms with van der Waals surface area (Å²) in [6.07, 6.45) is 3.39. The highest BCUT2D eigenvalue weighted by Gasteiger charge is 2.21. The van der Waals surface area contributed by atoms with Crippen molar-refractivity contribution in [3.63, 3.8) is 0 Å². The molecule has 0 saturated carbocycles. The maximum absolute atomic E-state index is 11.6. The number of halogens is 1. The summed E-state index contributed by atoms with van der Waals surface area (Å²) in [6, 6.07) is 15.3. The minimum absolute atomic E-state index is 0. The van der Waals surface area contributed by atoms with E-state index >= 15 is 0 Å². The molecule has 0 atom stereocenters. The van der Waals surface area contributed by atoms with E-state index in [-0.39, 0.29) is 18.0 Å². The van der Waals surface area contributed by atoms with Crippen molar-refractivity contribution in [2.75, 3.05) is 19.6 Å². The van der Waals surface area contributed by atoms with Gasteiger partial charge in [0.15, 0.2) is 0 Å². The Morgan fingerprint density at radius 1 is 1.04 bits per heavy atom. The molecule has 2 heterocycles. The topological polar surface area (TPSA) is 53.7 Å². The molecule has 0 bridgehead atoms. The number of fused-ring (bicyclic) bond motifs is 1. The van der Waals surface area contributed by atoms with Gasteiger partial charge in [-0.1, -0.05) is 42.5 Å². The number of carboxylic acid groups (broad SMARTS) is 1. The Hall–Kier alpha value is -2.30. The van der Waals surface area contributed by atoms with E-state index in [1.807, 2.05) is 36.4 Å². The summed E-state index contributed by atoms with van der Waals surface area (Å²) in [5.41, 5.74) is 2.80. The van der Waals surface area contributed by atoms with Crippen LogP contribution in [0.2, 0.25) is 0 Å². The second-order valence-corrected chi connectivity index (χ2v) is 6.56. The molecule has 0 unspecified atom stereocenters. The van der Waals surface area contributed by atoms with E-state index < -0.39 is 5.97 Å². The molecule has 1 aromatic heterocycles. The van der Waals surface area contributed by atoms with Gasteiger partial charge < -0.3 is 14.4 Å². The summed E-state index contributed by atoms with van der Waals surface area (Å²) < 4.78 is 6.09. The molecule has 1 saturated heterocycles. The predicted molar refractivity (Wildman–Crippen MR) is 105 cm³/mol. The van der Waals surface area contributed by atoms with Crippen molar-refractivity contribution >= 4 is 29.3 Å². The molecule has 26 heavy (non-hydrogen) atoms. The fourth-order valence-corrected chi connectivity index (χ4v) is 3.69. The van der Waals surface area contributed by atoms with E-state index in [2.05, 4.69) is 4.90 Å². The van der Waals surface area contributed by atoms with Crippen molar-refractivity contribution in [3.05, 3.63) is 59.7 Å². The number of carboxylic acids is 1. The van der Waals surface area contributed by atoms with Gasteiger partial charge in [0.1, 0.15) is 16.9 Å². The minimum atomic E-state index is -0.954. The SMILES string of the molecule is Cl.O=C(O)c1cccc2c(CCN3CCCC3)c(-c3ccccc3)oc12. The van der Waals surface area contributed by atoms with Crippen LogP contribution in [0.5, 0.6) is 0 Å². The van der Waals surface area contributed by atoms with Crippen LogP contribution in [0, 0.1) is 0 Å². The van der Waals surface area contributed by atoms with Gasteiger partial charge in [-0.05, 0) is 38.4 Å². The third-order valence-corrected chi connectivity index (χ3v) is 4.96. The summed E-state index contributed by atoms with van der Waals surface area (Å²) in [6.45, 7) is 3.28. The lowest BCUT2D eigenvalue weighted by molar-refractivity contribution is 0.0698. The molecule has 0 spiro atoms. The lowest BCUT2D eigenvalue weighted by Gasteiger charge is -2.14. The van der Waals surface area contributed by atoms with Crippen LogP contribution < -0.4 is 0 Å². The van der Waals surface area contributed by atoms with Gasteiger partial charge >= 0.3 is 5.97 Å². The Balaban J connectivity index is 0.00000196. The van der Waals surface area contributed by atoms with Crippen LogP contribution in [0.25, 0.3) is 22.3 Å². The third kappa shape index (κ3) is 3.48. The van der Waals surface area contributed by atoms with Crippen LogP contribution in [0.1, 0.15) is 28.8 Å². The van der Waals surface area contributed by atoms with Gasteiger partial charge in [-0.3, -0.25) is 0 Å². The fourth-order valence-electron chi connectivity index (χ4n) is 3.69. The first-order chi connectivity index (χ1) is 12.2. The van der Waals surface area contributed by atoms with E-state index in [9.17, 15) is 9.90 Å². The maximum atomic E-state index is 11.6. The molecule has 1 aliphatic rings. The van der Waals surface area contributed by atoms with E-state index in [0.717, 1.165) is 48.3 Å². The highest BCUT2D eigenvalue weighted by atomic mass is 35.5. The minimum Gasteiger partial charge on any atom is -0.478 e. The van der Waals surface area contributed by atoms with E-state index in [1.54, 1.807) is 12.1 Å². The molecular formula is C21H22ClNO3. The number of likely N-dealkylation sites (tertiary alicyclic amines) is 1. The van der Waals surface area contributed by atoms with Gasteiger partial charge in [-0.25, -0.2) is 4.79 Å². The number of aromatic carboxylic acids is 1. The Morgan fingerprint density at radius 3 is 2.46 bits per heavy atom. The lowest BCUT2D eigenvalue weighted by Crippen LogP contribution is -2.22. The molecule has 2 aromatic carbocycles. The number of para-hydroxylation sites is 1. The van der Waals surface area contributed by atoms with Crippen molar-refractivity contribution in [3.8, 4) is 11.3 Å². The van der Waals surface area contributed by atoms with Gasteiger partial charge in [-0.15, -0.1) is 12.4 Å². The summed E-state index contributed by atoms with van der Waals surface area (Å²) in [4.78, 5) is 14.0. The molecule has 1 N–H and O–H groups in total. The maximum Gasteiger partial charge on any atom is 0.339 e. The van der Waals surface area contributed by atoms with Crippen LogP contribution in [-0.4, -0.2) is 35.6 Å². The van der Waals surface area contributed by atoms with E-state index in [1.165, 1.54) is 12.8 Å². The van der Waals surface area contributed by atoms with Gasteiger partial charge in [0.2, 0.25) is 0 Å². The highest BCUT2D eigenvalue weighted by Crippen LogP contribution is 2.35. The number of furan rings is 1. The number of hydrogen-bond acceptors (Lipinski definition) is 3. The Kier molecular flexibility index (Phi) is 5.64. The van der Waals surface area contributed by atoms with Gasteiger partial charge in [0.25, 0.3) is 0 Å². The first-order valence-corrected chi connectivity index (χ1v) is 8.79. The van der Waals surface area contributed by atoms with Gasteiger partial charge in [0, 0.05) is 23.1 Å². The summed E-state index contributed by atoms with van der Waals surface area (Å²) >= 11 is 0. The lowest BCUT2D eigenvalue weighted by atomic mass is 10.0. The van der Waals surface area contributed by atoms with Crippen LogP contribution in [0.4, 0.5) is 0 Å². The highest BCUT2D eigenvalue weighted by molar-refractivity contribution is 6.03. The molecule has 5 heteroatoms. The second-order valence-electron chi connectivity index (χ2n) is 6.56. The van der Waals surface area contributed by atoms with Crippen LogP contribution in [0.15, 0.2) is 52.9 Å². The normalized spacial score (nSPS) is 14.5. The smallest absolute Gasteiger partial charge is 0.339 e. The zero-order chi connectivity index (χ0) is 17.2. The second kappa shape index (κ2) is 7.94. The van der Waals surface area contributed by atoms with E-state index in [0.29, 0.717) is 5.58 Å². The largest absolute Gasteiger partial charge is 0.478 e. The van der Waals surface area contributed by atoms with Crippen molar-refractivity contribution in [1.82, 2.24) is 4.90 Å². The zero-order valence-electron chi connectivity index (χ0n) is 14.5. The summed E-state index contributed by atoms with van der Waals surface area (Å²) in [5, 5.41) is 10.4. The first-order valence-electron chi connectivity index (χ1n) is 8.79. The number of rotatable bonds is 5.